The quantitative estimate of drug-likeness (QED) is 0.807. The first-order valence-corrected chi connectivity index (χ1v) is 9.99. The van der Waals surface area contributed by atoms with E-state index in [0.29, 0.717) is 17.6 Å². The number of piperazine rings is 1. The van der Waals surface area contributed by atoms with Gasteiger partial charge in [0.25, 0.3) is 0 Å². The summed E-state index contributed by atoms with van der Waals surface area (Å²) >= 11 is 0. The molecule has 3 atom stereocenters. The van der Waals surface area contributed by atoms with Gasteiger partial charge in [-0.15, -0.1) is 0 Å². The molecule has 4 rings (SSSR count). The summed E-state index contributed by atoms with van der Waals surface area (Å²) in [6, 6.07) is 19.2. The molecule has 0 amide bonds. The molecule has 2 aromatic carbocycles. The minimum atomic E-state index is -0.304. The number of carbonyl (C=O) groups excluding carboxylic acids is 1. The number of aliphatic hydroxyl groups excluding tert-OH is 1. The molecule has 0 spiro atoms. The van der Waals surface area contributed by atoms with Crippen LogP contribution in [0.5, 0.6) is 0 Å². The number of methoxy groups -OCH3 is 1. The SMILES string of the molecule is COC(=O)c1ccc(CN2C[C@@H]3C[C@@H](O)CN3C[C@H]2Cc2ccccc2)cc1. The Balaban J connectivity index is 1.50. The number of hydrogen-bond acceptors (Lipinski definition) is 5. The summed E-state index contributed by atoms with van der Waals surface area (Å²) in [6.07, 6.45) is 1.65. The summed E-state index contributed by atoms with van der Waals surface area (Å²) in [7, 11) is 1.40. The molecule has 2 aromatic rings. The maximum Gasteiger partial charge on any atom is 0.337 e. The van der Waals surface area contributed by atoms with Gasteiger partial charge in [0.05, 0.1) is 18.8 Å². The van der Waals surface area contributed by atoms with E-state index in [0.717, 1.165) is 39.0 Å². The van der Waals surface area contributed by atoms with Crippen molar-refractivity contribution in [1.82, 2.24) is 9.80 Å². The number of ether oxygens (including phenoxy) is 1. The molecule has 2 fully saturated rings. The molecule has 28 heavy (non-hydrogen) atoms. The lowest BCUT2D eigenvalue weighted by molar-refractivity contribution is 0.0445. The molecule has 5 nitrogen and oxygen atoms in total. The number of aliphatic hydroxyl groups is 1. The van der Waals surface area contributed by atoms with Crippen molar-refractivity contribution in [3.8, 4) is 0 Å². The second-order valence-corrected chi connectivity index (χ2v) is 7.96. The Bertz CT molecular complexity index is 793. The van der Waals surface area contributed by atoms with Gasteiger partial charge in [-0.2, -0.15) is 0 Å². The number of hydrogen-bond donors (Lipinski definition) is 1. The Hall–Kier alpha value is -2.21. The van der Waals surface area contributed by atoms with Gasteiger partial charge in [0.1, 0.15) is 0 Å². The highest BCUT2D eigenvalue weighted by Crippen LogP contribution is 2.28. The molecule has 2 aliphatic heterocycles. The van der Waals surface area contributed by atoms with Crippen LogP contribution in [-0.2, 0) is 17.7 Å². The van der Waals surface area contributed by atoms with Crippen LogP contribution in [0.1, 0.15) is 27.9 Å². The van der Waals surface area contributed by atoms with Gasteiger partial charge in [-0.1, -0.05) is 42.5 Å². The van der Waals surface area contributed by atoms with Gasteiger partial charge >= 0.3 is 5.97 Å². The Kier molecular flexibility index (Phi) is 5.76. The van der Waals surface area contributed by atoms with E-state index >= 15 is 0 Å². The highest BCUT2D eigenvalue weighted by atomic mass is 16.5. The van der Waals surface area contributed by atoms with E-state index < -0.39 is 0 Å². The van der Waals surface area contributed by atoms with Crippen LogP contribution in [0.15, 0.2) is 54.6 Å². The van der Waals surface area contributed by atoms with Crippen molar-refractivity contribution in [2.45, 2.75) is 37.6 Å². The fourth-order valence-electron chi connectivity index (χ4n) is 4.55. The van der Waals surface area contributed by atoms with Crippen LogP contribution in [0, 0.1) is 0 Å². The summed E-state index contributed by atoms with van der Waals surface area (Å²) in [4.78, 5) is 16.7. The topological polar surface area (TPSA) is 53.0 Å². The van der Waals surface area contributed by atoms with Crippen LogP contribution in [0.3, 0.4) is 0 Å². The Morgan fingerprint density at radius 1 is 1.04 bits per heavy atom. The average molecular weight is 380 g/mol. The molecule has 148 valence electrons. The first-order chi connectivity index (χ1) is 13.6. The zero-order chi connectivity index (χ0) is 19.5. The maximum atomic E-state index is 11.7. The summed E-state index contributed by atoms with van der Waals surface area (Å²) < 4.78 is 4.79. The second-order valence-electron chi connectivity index (χ2n) is 7.96. The molecule has 1 N–H and O–H groups in total. The lowest BCUT2D eigenvalue weighted by atomic mass is 9.99. The molecule has 0 aromatic heterocycles. The highest BCUT2D eigenvalue weighted by molar-refractivity contribution is 5.89. The van der Waals surface area contributed by atoms with Gasteiger partial charge in [0, 0.05) is 38.3 Å². The van der Waals surface area contributed by atoms with Crippen LogP contribution < -0.4 is 0 Å². The maximum absolute atomic E-state index is 11.7. The molecular weight excluding hydrogens is 352 g/mol. The van der Waals surface area contributed by atoms with E-state index in [1.165, 1.54) is 18.2 Å². The molecule has 2 heterocycles. The first kappa shape index (κ1) is 19.1. The second kappa shape index (κ2) is 8.43. The summed E-state index contributed by atoms with van der Waals surface area (Å²) in [5.74, 6) is -0.304. The summed E-state index contributed by atoms with van der Waals surface area (Å²) in [5, 5.41) is 10.1. The molecular formula is C23H28N2O3. The minimum Gasteiger partial charge on any atom is -0.465 e. The van der Waals surface area contributed by atoms with Crippen LogP contribution in [0.4, 0.5) is 0 Å². The van der Waals surface area contributed by atoms with Crippen LogP contribution in [0.2, 0.25) is 0 Å². The first-order valence-electron chi connectivity index (χ1n) is 9.99. The van der Waals surface area contributed by atoms with Crippen molar-refractivity contribution in [3.05, 3.63) is 71.3 Å². The van der Waals surface area contributed by atoms with E-state index in [4.69, 9.17) is 4.74 Å². The van der Waals surface area contributed by atoms with Crippen LogP contribution in [0.25, 0.3) is 0 Å². The van der Waals surface area contributed by atoms with Gasteiger partial charge in [0.2, 0.25) is 0 Å². The van der Waals surface area contributed by atoms with E-state index in [1.54, 1.807) is 0 Å². The van der Waals surface area contributed by atoms with Crippen molar-refractivity contribution < 1.29 is 14.6 Å². The van der Waals surface area contributed by atoms with Crippen LogP contribution >= 0.6 is 0 Å². The summed E-state index contributed by atoms with van der Waals surface area (Å²) in [6.45, 7) is 3.58. The van der Waals surface area contributed by atoms with E-state index in [-0.39, 0.29) is 12.1 Å². The zero-order valence-corrected chi connectivity index (χ0v) is 16.3. The Labute approximate surface area is 166 Å². The molecule has 0 radical (unpaired) electrons. The molecule has 0 aliphatic carbocycles. The fraction of sp³-hybridized carbons (Fsp3) is 0.435. The smallest absolute Gasteiger partial charge is 0.337 e. The molecule has 0 bridgehead atoms. The van der Waals surface area contributed by atoms with Crippen molar-refractivity contribution in [2.24, 2.45) is 0 Å². The predicted molar refractivity (Wildman–Crippen MR) is 108 cm³/mol. The number of benzene rings is 2. The molecule has 2 saturated heterocycles. The van der Waals surface area contributed by atoms with Crippen LogP contribution in [-0.4, -0.2) is 65.8 Å². The number of nitrogens with zero attached hydrogens (tertiary/aromatic N) is 2. The normalized spacial score (nSPS) is 25.4. The van der Waals surface area contributed by atoms with Crippen molar-refractivity contribution in [2.75, 3.05) is 26.7 Å². The van der Waals surface area contributed by atoms with E-state index in [9.17, 15) is 9.90 Å². The monoisotopic (exact) mass is 380 g/mol. The molecule has 0 saturated carbocycles. The Morgan fingerprint density at radius 2 is 1.79 bits per heavy atom. The number of fused-ring (bicyclic) bond motifs is 1. The van der Waals surface area contributed by atoms with E-state index in [1.807, 2.05) is 24.3 Å². The third-order valence-corrected chi connectivity index (χ3v) is 5.99. The molecule has 2 aliphatic rings. The molecule has 5 heteroatoms. The summed E-state index contributed by atoms with van der Waals surface area (Å²) in [5.41, 5.74) is 3.12. The standard InChI is InChI=1S/C23H28N2O3/c1-28-23(27)19-9-7-18(8-10-19)13-24-15-21-12-22(26)16-25(21)14-20(24)11-17-5-3-2-4-6-17/h2-10,20-22,26H,11-16H2,1H3/t20-,21+,22-/m1/s1. The number of esters is 1. The minimum absolute atomic E-state index is 0.207. The van der Waals surface area contributed by atoms with Gasteiger partial charge in [-0.05, 0) is 36.1 Å². The molecule has 0 unspecified atom stereocenters. The largest absolute Gasteiger partial charge is 0.465 e. The van der Waals surface area contributed by atoms with Gasteiger partial charge in [0.15, 0.2) is 0 Å². The number of carbonyl (C=O) groups is 1. The predicted octanol–water partition coefficient (Wildman–Crippen LogP) is 2.34. The number of rotatable bonds is 5. The average Bonchev–Trinajstić information content (AvgIpc) is 3.07. The zero-order valence-electron chi connectivity index (χ0n) is 16.3. The Morgan fingerprint density at radius 3 is 2.50 bits per heavy atom. The lowest BCUT2D eigenvalue weighted by Gasteiger charge is -2.44. The van der Waals surface area contributed by atoms with E-state index in [2.05, 4.69) is 40.1 Å². The highest BCUT2D eigenvalue weighted by Gasteiger charge is 2.39. The van der Waals surface area contributed by atoms with Crippen molar-refractivity contribution >= 4 is 5.97 Å². The lowest BCUT2D eigenvalue weighted by Crippen LogP contribution is -2.56. The fourth-order valence-corrected chi connectivity index (χ4v) is 4.55. The van der Waals surface area contributed by atoms with Gasteiger partial charge < -0.3 is 9.84 Å². The van der Waals surface area contributed by atoms with Crippen molar-refractivity contribution in [3.63, 3.8) is 0 Å². The van der Waals surface area contributed by atoms with Gasteiger partial charge in [-0.25, -0.2) is 4.79 Å². The van der Waals surface area contributed by atoms with Gasteiger partial charge in [-0.3, -0.25) is 9.80 Å². The van der Waals surface area contributed by atoms with Crippen molar-refractivity contribution in [1.29, 1.82) is 0 Å². The third kappa shape index (κ3) is 4.27. The third-order valence-electron chi connectivity index (χ3n) is 5.99.